The van der Waals surface area contributed by atoms with Crippen LogP contribution >= 0.6 is 23.2 Å². The Hall–Kier alpha value is -1.53. The Labute approximate surface area is 168 Å². The van der Waals surface area contributed by atoms with E-state index in [-0.39, 0.29) is 12.2 Å². The summed E-state index contributed by atoms with van der Waals surface area (Å²) in [6.45, 7) is 2.52. The fourth-order valence-electron chi connectivity index (χ4n) is 3.83. The Bertz CT molecular complexity index is 810. The van der Waals surface area contributed by atoms with E-state index in [0.29, 0.717) is 17.6 Å². The molecule has 2 aromatic rings. The second-order valence-corrected chi connectivity index (χ2v) is 8.10. The third-order valence-electron chi connectivity index (χ3n) is 5.21. The first kappa shape index (κ1) is 18.8. The maximum Gasteiger partial charge on any atom is 0.214 e. The van der Waals surface area contributed by atoms with Gasteiger partial charge in [-0.1, -0.05) is 29.3 Å². The molecule has 0 aliphatic carbocycles. The van der Waals surface area contributed by atoms with E-state index in [1.165, 1.54) is 5.56 Å². The summed E-state index contributed by atoms with van der Waals surface area (Å²) in [5.41, 5.74) is 1.06. The molecule has 5 nitrogen and oxygen atoms in total. The zero-order valence-corrected chi connectivity index (χ0v) is 16.4. The van der Waals surface area contributed by atoms with Gasteiger partial charge in [0.1, 0.15) is 29.2 Å². The van der Waals surface area contributed by atoms with E-state index in [1.54, 1.807) is 18.2 Å². The third kappa shape index (κ3) is 4.49. The van der Waals surface area contributed by atoms with Crippen molar-refractivity contribution in [3.05, 3.63) is 52.1 Å². The summed E-state index contributed by atoms with van der Waals surface area (Å²) in [6, 6.07) is 11.0. The van der Waals surface area contributed by atoms with Gasteiger partial charge < -0.3 is 19.5 Å². The van der Waals surface area contributed by atoms with Crippen LogP contribution in [0.15, 0.2) is 36.4 Å². The van der Waals surface area contributed by atoms with E-state index in [0.717, 1.165) is 43.1 Å². The van der Waals surface area contributed by atoms with Crippen molar-refractivity contribution in [1.82, 2.24) is 9.88 Å². The van der Waals surface area contributed by atoms with E-state index < -0.39 is 6.10 Å². The van der Waals surface area contributed by atoms with Crippen LogP contribution in [0, 0.1) is 0 Å². The van der Waals surface area contributed by atoms with Gasteiger partial charge in [0.05, 0.1) is 0 Å². The maximum absolute atomic E-state index is 10.3. The first-order valence-electron chi connectivity index (χ1n) is 9.15. The highest BCUT2D eigenvalue weighted by Crippen LogP contribution is 2.41. The molecule has 1 atom stereocenters. The number of rotatable bonds is 5. The van der Waals surface area contributed by atoms with Crippen molar-refractivity contribution < 1.29 is 14.6 Å². The predicted octanol–water partition coefficient (Wildman–Crippen LogP) is 3.60. The van der Waals surface area contributed by atoms with Gasteiger partial charge in [-0.2, -0.15) is 0 Å². The van der Waals surface area contributed by atoms with Crippen LogP contribution in [0.25, 0.3) is 0 Å². The second kappa shape index (κ2) is 7.84. The number of hydrogen-bond donors (Lipinski definition) is 1. The molecule has 1 aromatic heterocycles. The molecule has 0 amide bonds. The van der Waals surface area contributed by atoms with E-state index in [4.69, 9.17) is 32.7 Å². The van der Waals surface area contributed by atoms with Gasteiger partial charge in [-0.15, -0.1) is 0 Å². The summed E-state index contributed by atoms with van der Waals surface area (Å²) in [4.78, 5) is 6.31. The van der Waals surface area contributed by atoms with Crippen LogP contribution < -0.4 is 9.47 Å². The summed E-state index contributed by atoms with van der Waals surface area (Å²) >= 11 is 11.9. The van der Waals surface area contributed by atoms with Crippen LogP contribution in [-0.4, -0.2) is 52.9 Å². The fraction of sp³-hybridized carbons (Fsp3) is 0.450. The van der Waals surface area contributed by atoms with E-state index in [2.05, 4.69) is 9.88 Å². The molecule has 144 valence electrons. The molecule has 1 fully saturated rings. The monoisotopic (exact) mass is 408 g/mol. The smallest absolute Gasteiger partial charge is 0.214 e. The molecule has 1 unspecified atom stereocenters. The number of ether oxygens (including phenoxy) is 2. The molecule has 27 heavy (non-hydrogen) atoms. The average molecular weight is 409 g/mol. The number of halogens is 2. The van der Waals surface area contributed by atoms with Crippen molar-refractivity contribution in [3.63, 3.8) is 0 Å². The molecule has 7 heteroatoms. The Morgan fingerprint density at radius 2 is 2.04 bits per heavy atom. The summed E-state index contributed by atoms with van der Waals surface area (Å²) in [5.74, 6) is 1.38. The van der Waals surface area contributed by atoms with Crippen LogP contribution in [0.4, 0.5) is 0 Å². The van der Waals surface area contributed by atoms with Gasteiger partial charge in [-0.3, -0.25) is 0 Å². The quantitative estimate of drug-likeness (QED) is 0.765. The number of benzene rings is 1. The number of hydrogen-bond acceptors (Lipinski definition) is 5. The van der Waals surface area contributed by atoms with Gasteiger partial charge in [-0.05, 0) is 29.8 Å². The topological polar surface area (TPSA) is 54.8 Å². The lowest BCUT2D eigenvalue weighted by Gasteiger charge is -2.39. The minimum Gasteiger partial charge on any atom is -0.487 e. The number of fused-ring (bicyclic) bond motifs is 1. The lowest BCUT2D eigenvalue weighted by atomic mass is 9.87. The van der Waals surface area contributed by atoms with Crippen molar-refractivity contribution in [3.8, 4) is 11.6 Å². The first-order chi connectivity index (χ1) is 13.0. The molecule has 1 N–H and O–H groups in total. The molecular formula is C20H22Cl2N2O3. The molecule has 2 aliphatic heterocycles. The maximum atomic E-state index is 10.3. The highest BCUT2D eigenvalue weighted by molar-refractivity contribution is 6.30. The van der Waals surface area contributed by atoms with E-state index in [9.17, 15) is 5.11 Å². The third-order valence-corrected chi connectivity index (χ3v) is 5.66. The highest BCUT2D eigenvalue weighted by Gasteiger charge is 2.42. The summed E-state index contributed by atoms with van der Waals surface area (Å²) in [6.07, 6.45) is 2.19. The summed E-state index contributed by atoms with van der Waals surface area (Å²) in [7, 11) is 0. The van der Waals surface area contributed by atoms with E-state index >= 15 is 0 Å². The molecule has 1 saturated heterocycles. The average Bonchev–Trinajstić information content (AvgIpc) is 2.99. The number of aromatic nitrogens is 1. The van der Waals surface area contributed by atoms with Crippen LogP contribution in [-0.2, 0) is 6.42 Å². The Morgan fingerprint density at radius 3 is 2.81 bits per heavy atom. The fourth-order valence-corrected chi connectivity index (χ4v) is 4.18. The standard InChI is InChI=1S/C20H22Cl2N2O3/c21-15-4-5-17-14(10-15)11-20(27-17)6-8-24(9-7-20)12-16(25)13-26-19-3-1-2-18(22)23-19/h1-5,10,16,25H,6-9,11-13H2. The zero-order valence-electron chi connectivity index (χ0n) is 14.9. The molecule has 2 aliphatic rings. The van der Waals surface area contributed by atoms with E-state index in [1.807, 2.05) is 18.2 Å². The number of aliphatic hydroxyl groups excluding tert-OH is 1. The van der Waals surface area contributed by atoms with Crippen LogP contribution in [0.3, 0.4) is 0 Å². The molecule has 1 spiro atoms. The normalized spacial score (nSPS) is 19.5. The van der Waals surface area contributed by atoms with Crippen molar-refractivity contribution in [2.24, 2.45) is 0 Å². The number of β-amino-alcohol motifs (C(OH)–C–C–N with tert-alkyl or cyclic N) is 1. The Kier molecular flexibility index (Phi) is 5.46. The SMILES string of the molecule is OC(COc1cccc(Cl)n1)CN1CCC2(CC1)Cc1cc(Cl)ccc1O2. The number of piperidine rings is 1. The molecule has 0 saturated carbocycles. The van der Waals surface area contributed by atoms with Crippen LogP contribution in [0.5, 0.6) is 11.6 Å². The highest BCUT2D eigenvalue weighted by atomic mass is 35.5. The molecule has 0 radical (unpaired) electrons. The Morgan fingerprint density at radius 1 is 1.22 bits per heavy atom. The molecule has 0 bridgehead atoms. The summed E-state index contributed by atoms with van der Waals surface area (Å²) < 4.78 is 11.8. The van der Waals surface area contributed by atoms with Gasteiger partial charge in [-0.25, -0.2) is 4.98 Å². The number of aliphatic hydroxyl groups is 1. The number of nitrogens with zero attached hydrogens (tertiary/aromatic N) is 2. The minimum absolute atomic E-state index is 0.129. The predicted molar refractivity (Wildman–Crippen MR) is 105 cm³/mol. The Balaban J connectivity index is 1.25. The largest absolute Gasteiger partial charge is 0.487 e. The number of likely N-dealkylation sites (tertiary alicyclic amines) is 1. The van der Waals surface area contributed by atoms with Crippen molar-refractivity contribution in [2.75, 3.05) is 26.2 Å². The number of pyridine rings is 1. The summed E-state index contributed by atoms with van der Waals surface area (Å²) in [5, 5.41) is 11.4. The van der Waals surface area contributed by atoms with Gasteiger partial charge in [0.2, 0.25) is 5.88 Å². The lowest BCUT2D eigenvalue weighted by molar-refractivity contribution is -0.00224. The lowest BCUT2D eigenvalue weighted by Crippen LogP contribution is -2.49. The van der Waals surface area contributed by atoms with Crippen LogP contribution in [0.1, 0.15) is 18.4 Å². The zero-order chi connectivity index (χ0) is 18.9. The molecule has 3 heterocycles. The van der Waals surface area contributed by atoms with Gasteiger partial charge in [0, 0.05) is 50.0 Å². The molecule has 1 aromatic carbocycles. The minimum atomic E-state index is -0.583. The van der Waals surface area contributed by atoms with Gasteiger partial charge >= 0.3 is 0 Å². The van der Waals surface area contributed by atoms with Crippen molar-refractivity contribution >= 4 is 23.2 Å². The molecule has 4 rings (SSSR count). The molecular weight excluding hydrogens is 387 g/mol. The van der Waals surface area contributed by atoms with Gasteiger partial charge in [0.25, 0.3) is 0 Å². The van der Waals surface area contributed by atoms with Crippen molar-refractivity contribution in [2.45, 2.75) is 31.0 Å². The van der Waals surface area contributed by atoms with Crippen molar-refractivity contribution in [1.29, 1.82) is 0 Å². The second-order valence-electron chi connectivity index (χ2n) is 7.28. The van der Waals surface area contributed by atoms with Crippen LogP contribution in [0.2, 0.25) is 10.2 Å². The first-order valence-corrected chi connectivity index (χ1v) is 9.90. The van der Waals surface area contributed by atoms with Gasteiger partial charge in [0.15, 0.2) is 0 Å².